The third kappa shape index (κ3) is 1.90. The molecule has 2 radical (unpaired) electrons. The van der Waals surface area contributed by atoms with Gasteiger partial charge in [0.15, 0.2) is 0 Å². The predicted octanol–water partition coefficient (Wildman–Crippen LogP) is 0.476. The molecule has 18 heavy (non-hydrogen) atoms. The summed E-state index contributed by atoms with van der Waals surface area (Å²) in [4.78, 5) is 35.7. The van der Waals surface area contributed by atoms with E-state index in [1.165, 1.54) is 13.2 Å². The van der Waals surface area contributed by atoms with Gasteiger partial charge in [0, 0.05) is 0 Å². The van der Waals surface area contributed by atoms with Gasteiger partial charge in [-0.15, -0.1) is 0 Å². The molecule has 0 unspecified atom stereocenters. The van der Waals surface area contributed by atoms with E-state index in [2.05, 4.69) is 4.74 Å². The van der Waals surface area contributed by atoms with Crippen molar-refractivity contribution in [2.75, 3.05) is 12.0 Å². The number of hydrogen-bond donors (Lipinski definition) is 0. The van der Waals surface area contributed by atoms with Crippen molar-refractivity contribution in [1.29, 1.82) is 0 Å². The minimum atomic E-state index is -0.516. The molecular formula is C12H10BNO4. The van der Waals surface area contributed by atoms with E-state index in [9.17, 15) is 14.4 Å². The number of ether oxygens (including phenoxy) is 1. The van der Waals surface area contributed by atoms with E-state index in [1.807, 2.05) is 0 Å². The lowest BCUT2D eigenvalue weighted by Gasteiger charge is -2.15. The Morgan fingerprint density at radius 1 is 1.44 bits per heavy atom. The first-order chi connectivity index (χ1) is 8.58. The molecule has 0 fully saturated rings. The van der Waals surface area contributed by atoms with Crippen LogP contribution in [0.1, 0.15) is 15.9 Å². The number of esters is 1. The first kappa shape index (κ1) is 12.4. The largest absolute Gasteiger partial charge is 0.465 e. The summed E-state index contributed by atoms with van der Waals surface area (Å²) in [5.41, 5.74) is 1.41. The third-order valence-corrected chi connectivity index (χ3v) is 2.76. The van der Waals surface area contributed by atoms with Crippen molar-refractivity contribution < 1.29 is 19.1 Å². The van der Waals surface area contributed by atoms with Crippen LogP contribution in [0.4, 0.5) is 5.69 Å². The van der Waals surface area contributed by atoms with E-state index in [0.29, 0.717) is 16.8 Å². The highest BCUT2D eigenvalue weighted by Crippen LogP contribution is 2.30. The van der Waals surface area contributed by atoms with Gasteiger partial charge in [-0.3, -0.25) is 14.5 Å². The number of hydrogen-bond acceptors (Lipinski definition) is 4. The van der Waals surface area contributed by atoms with Crippen molar-refractivity contribution in [3.63, 3.8) is 0 Å². The van der Waals surface area contributed by atoms with Gasteiger partial charge in [0.25, 0.3) is 0 Å². The Bertz CT molecular complexity index is 533. The van der Waals surface area contributed by atoms with Crippen molar-refractivity contribution in [1.82, 2.24) is 0 Å². The minimum absolute atomic E-state index is 0.141. The molecule has 1 heterocycles. The second kappa shape index (κ2) is 4.64. The molecule has 0 aliphatic carbocycles. The van der Waals surface area contributed by atoms with Crippen molar-refractivity contribution in [3.05, 3.63) is 29.3 Å². The van der Waals surface area contributed by atoms with Gasteiger partial charge in [-0.2, -0.15) is 0 Å². The summed E-state index contributed by atoms with van der Waals surface area (Å²) in [5.74, 6) is -1.33. The smallest absolute Gasteiger partial charge is 0.337 e. The van der Waals surface area contributed by atoms with Gasteiger partial charge in [0.2, 0.25) is 11.8 Å². The molecule has 2 rings (SSSR count). The number of rotatable bonds is 2. The number of benzene rings is 1. The average Bonchev–Trinajstić information content (AvgIpc) is 2.71. The molecule has 2 amide bonds. The monoisotopic (exact) mass is 243 g/mol. The summed E-state index contributed by atoms with van der Waals surface area (Å²) in [7, 11) is 6.53. The van der Waals surface area contributed by atoms with Crippen LogP contribution >= 0.6 is 0 Å². The average molecular weight is 243 g/mol. The molecule has 0 spiro atoms. The Labute approximate surface area is 105 Å². The summed E-state index contributed by atoms with van der Waals surface area (Å²) < 4.78 is 4.59. The number of carbonyl (C=O) groups is 3. The summed E-state index contributed by atoms with van der Waals surface area (Å²) >= 11 is 0. The van der Waals surface area contributed by atoms with Crippen LogP contribution in [0.25, 0.3) is 0 Å². The van der Waals surface area contributed by atoms with E-state index in [1.54, 1.807) is 12.1 Å². The van der Waals surface area contributed by atoms with E-state index in [0.717, 1.165) is 4.90 Å². The zero-order chi connectivity index (χ0) is 13.3. The Kier molecular flexibility index (Phi) is 3.18. The van der Waals surface area contributed by atoms with E-state index >= 15 is 0 Å². The maximum atomic E-state index is 11.7. The molecule has 1 aliphatic heterocycles. The topological polar surface area (TPSA) is 63.7 Å². The molecule has 6 heteroatoms. The fourth-order valence-corrected chi connectivity index (χ4v) is 1.91. The van der Waals surface area contributed by atoms with E-state index in [-0.39, 0.29) is 18.6 Å². The van der Waals surface area contributed by atoms with Crippen molar-refractivity contribution in [2.24, 2.45) is 0 Å². The van der Waals surface area contributed by atoms with Gasteiger partial charge in [-0.05, 0) is 24.0 Å². The van der Waals surface area contributed by atoms with Crippen LogP contribution in [0, 0.1) is 0 Å². The first-order valence-corrected chi connectivity index (χ1v) is 5.35. The Morgan fingerprint density at radius 2 is 2.17 bits per heavy atom. The Morgan fingerprint density at radius 3 is 2.78 bits per heavy atom. The summed E-state index contributed by atoms with van der Waals surface area (Å²) in [6.07, 6.45) is -0.115. The molecule has 1 aromatic carbocycles. The van der Waals surface area contributed by atoms with Crippen LogP contribution in [0.3, 0.4) is 0 Å². The number of amides is 2. The van der Waals surface area contributed by atoms with Crippen LogP contribution in [-0.2, 0) is 20.7 Å². The van der Waals surface area contributed by atoms with Crippen LogP contribution in [0.15, 0.2) is 18.2 Å². The fourth-order valence-electron chi connectivity index (χ4n) is 1.91. The van der Waals surface area contributed by atoms with Gasteiger partial charge >= 0.3 is 5.97 Å². The highest BCUT2D eigenvalue weighted by Gasteiger charge is 2.31. The van der Waals surface area contributed by atoms with Crippen LogP contribution in [0.5, 0.6) is 0 Å². The zero-order valence-electron chi connectivity index (χ0n) is 9.80. The Balaban J connectivity index is 2.46. The lowest BCUT2D eigenvalue weighted by atomic mass is 10.0. The quantitative estimate of drug-likeness (QED) is 0.559. The standard InChI is InChI=1S/C12H10BNO4/c1-18-12(17)8-3-2-7-5-10(15)14(9(7)4-8)11(16)6-13/h2-4H,5-6H2,1H3. The zero-order valence-corrected chi connectivity index (χ0v) is 9.80. The normalized spacial score (nSPS) is 13.4. The van der Waals surface area contributed by atoms with Gasteiger partial charge in [0.05, 0.1) is 32.6 Å². The van der Waals surface area contributed by atoms with Crippen LogP contribution in [-0.4, -0.2) is 32.7 Å². The summed E-state index contributed by atoms with van der Waals surface area (Å²) in [5, 5.41) is 0. The number of carbonyl (C=O) groups excluding carboxylic acids is 3. The highest BCUT2D eigenvalue weighted by atomic mass is 16.5. The molecule has 1 aliphatic rings. The molecule has 90 valence electrons. The molecule has 0 N–H and O–H groups in total. The van der Waals surface area contributed by atoms with Gasteiger partial charge in [-0.25, -0.2) is 4.79 Å². The Hall–Kier alpha value is -2.11. The molecule has 0 bridgehead atoms. The maximum Gasteiger partial charge on any atom is 0.337 e. The fraction of sp³-hybridized carbons (Fsp3) is 0.250. The van der Waals surface area contributed by atoms with Crippen molar-refractivity contribution in [3.8, 4) is 0 Å². The molecule has 1 aromatic rings. The number of methoxy groups -OCH3 is 1. The number of fused-ring (bicyclic) bond motifs is 1. The molecule has 5 nitrogen and oxygen atoms in total. The van der Waals surface area contributed by atoms with Gasteiger partial charge in [0.1, 0.15) is 0 Å². The molecule has 0 saturated carbocycles. The van der Waals surface area contributed by atoms with E-state index in [4.69, 9.17) is 7.85 Å². The lowest BCUT2D eigenvalue weighted by molar-refractivity contribution is -0.124. The molecule has 0 atom stereocenters. The second-order valence-corrected chi connectivity index (χ2v) is 3.84. The maximum absolute atomic E-state index is 11.7. The van der Waals surface area contributed by atoms with Gasteiger partial charge < -0.3 is 4.74 Å². The number of nitrogens with zero attached hydrogens (tertiary/aromatic N) is 1. The van der Waals surface area contributed by atoms with Crippen molar-refractivity contribution >= 4 is 31.3 Å². The lowest BCUT2D eigenvalue weighted by Crippen LogP contribution is -2.33. The number of anilines is 1. The molecule has 0 saturated heterocycles. The summed E-state index contributed by atoms with van der Waals surface area (Å²) in [6.45, 7) is 0. The SMILES string of the molecule is [B]CC(=O)N1C(=O)Cc2ccc(C(=O)OC)cc21. The minimum Gasteiger partial charge on any atom is -0.465 e. The first-order valence-electron chi connectivity index (χ1n) is 5.35. The second-order valence-electron chi connectivity index (χ2n) is 3.84. The number of imide groups is 1. The molecule has 0 aromatic heterocycles. The highest BCUT2D eigenvalue weighted by molar-refractivity contribution is 6.29. The summed E-state index contributed by atoms with van der Waals surface area (Å²) in [6, 6.07) is 4.68. The van der Waals surface area contributed by atoms with Crippen LogP contribution in [0.2, 0.25) is 6.32 Å². The van der Waals surface area contributed by atoms with Crippen LogP contribution < -0.4 is 4.90 Å². The van der Waals surface area contributed by atoms with Crippen molar-refractivity contribution in [2.45, 2.75) is 12.7 Å². The molecular weight excluding hydrogens is 233 g/mol. The predicted molar refractivity (Wildman–Crippen MR) is 64.5 cm³/mol. The van der Waals surface area contributed by atoms with E-state index < -0.39 is 11.9 Å². The third-order valence-electron chi connectivity index (χ3n) is 2.76. The van der Waals surface area contributed by atoms with Gasteiger partial charge in [-0.1, -0.05) is 6.07 Å².